The third kappa shape index (κ3) is 4.30. The van der Waals surface area contributed by atoms with Crippen LogP contribution in [-0.4, -0.2) is 24.5 Å². The molecule has 0 aliphatic carbocycles. The quantitative estimate of drug-likeness (QED) is 0.280. The summed E-state index contributed by atoms with van der Waals surface area (Å²) >= 11 is 12.5. The van der Waals surface area contributed by atoms with Gasteiger partial charge in [-0.05, 0) is 54.6 Å². The monoisotopic (exact) mass is 495 g/mol. The second kappa shape index (κ2) is 8.86. The second-order valence-corrected chi connectivity index (χ2v) is 9.08. The first-order valence-corrected chi connectivity index (χ1v) is 11.3. The van der Waals surface area contributed by atoms with Gasteiger partial charge in [-0.1, -0.05) is 41.6 Å². The highest BCUT2D eigenvalue weighted by Gasteiger charge is 2.33. The highest BCUT2D eigenvalue weighted by atomic mass is 35.5. The Balaban J connectivity index is 1.57. The lowest BCUT2D eigenvalue weighted by molar-refractivity contribution is -0.122. The van der Waals surface area contributed by atoms with Crippen LogP contribution in [0.2, 0.25) is 5.02 Å². The number of amides is 1. The average molecular weight is 496 g/mol. The lowest BCUT2D eigenvalue weighted by Gasteiger charge is -2.12. The summed E-state index contributed by atoms with van der Waals surface area (Å²) in [4.78, 5) is 32.6. The van der Waals surface area contributed by atoms with Crippen molar-refractivity contribution >= 4 is 57.5 Å². The van der Waals surface area contributed by atoms with E-state index in [4.69, 9.17) is 33.0 Å². The number of benzene rings is 1. The minimum Gasteiger partial charge on any atom is -0.467 e. The van der Waals surface area contributed by atoms with Crippen LogP contribution >= 0.6 is 35.6 Å². The largest absolute Gasteiger partial charge is 0.467 e. The molecule has 7 nitrogen and oxygen atoms in total. The molecule has 1 saturated heterocycles. The van der Waals surface area contributed by atoms with E-state index in [1.54, 1.807) is 60.8 Å². The molecule has 4 aromatic rings. The van der Waals surface area contributed by atoms with Crippen molar-refractivity contribution < 1.29 is 13.9 Å². The number of hydrogen-bond donors (Lipinski definition) is 0. The molecule has 0 N–H and O–H groups in total. The lowest BCUT2D eigenvalue weighted by atomic mass is 10.2. The van der Waals surface area contributed by atoms with Gasteiger partial charge in [0, 0.05) is 11.2 Å². The first kappa shape index (κ1) is 21.4. The first-order valence-electron chi connectivity index (χ1n) is 9.72. The molecular formula is C23H14ClN3O4S2. The molecule has 0 spiro atoms. The van der Waals surface area contributed by atoms with Crippen molar-refractivity contribution in [1.82, 2.24) is 14.3 Å². The number of carbonyl (C=O) groups excluding carboxylic acids is 1. The Labute approximate surface area is 202 Å². The second-order valence-electron chi connectivity index (χ2n) is 6.97. The maximum Gasteiger partial charge on any atom is 0.269 e. The van der Waals surface area contributed by atoms with Gasteiger partial charge in [-0.25, -0.2) is 0 Å². The van der Waals surface area contributed by atoms with Crippen LogP contribution in [-0.2, 0) is 11.3 Å². The van der Waals surface area contributed by atoms with E-state index in [2.05, 4.69) is 4.98 Å². The molecule has 164 valence electrons. The molecule has 1 aliphatic heterocycles. The van der Waals surface area contributed by atoms with Crippen molar-refractivity contribution in [2.24, 2.45) is 0 Å². The Bertz CT molecular complexity index is 1460. The minimum atomic E-state index is -0.374. The molecule has 4 heterocycles. The molecule has 1 aliphatic rings. The van der Waals surface area contributed by atoms with E-state index in [-0.39, 0.29) is 29.5 Å². The van der Waals surface area contributed by atoms with Gasteiger partial charge in [0.15, 0.2) is 0 Å². The Morgan fingerprint density at radius 1 is 1.12 bits per heavy atom. The molecule has 0 saturated carbocycles. The van der Waals surface area contributed by atoms with Crippen molar-refractivity contribution in [2.75, 3.05) is 0 Å². The molecule has 0 atom stereocenters. The van der Waals surface area contributed by atoms with Gasteiger partial charge in [-0.3, -0.25) is 18.9 Å². The van der Waals surface area contributed by atoms with Crippen LogP contribution < -0.4 is 10.3 Å². The van der Waals surface area contributed by atoms with Gasteiger partial charge in [0.05, 0.1) is 17.7 Å². The van der Waals surface area contributed by atoms with Gasteiger partial charge < -0.3 is 9.15 Å². The number of nitrogens with zero attached hydrogens (tertiary/aromatic N) is 3. The van der Waals surface area contributed by atoms with Crippen LogP contribution in [0.15, 0.2) is 81.2 Å². The fraction of sp³-hybridized carbons (Fsp3) is 0.0435. The molecule has 0 unspecified atom stereocenters. The number of carbonyl (C=O) groups is 1. The Morgan fingerprint density at radius 2 is 1.94 bits per heavy atom. The summed E-state index contributed by atoms with van der Waals surface area (Å²) in [7, 11) is 0. The number of thiocarbonyl (C=S) groups is 1. The summed E-state index contributed by atoms with van der Waals surface area (Å²) in [5, 5.41) is 0.550. The maximum atomic E-state index is 13.3. The maximum absolute atomic E-state index is 13.3. The zero-order chi connectivity index (χ0) is 22.9. The molecule has 33 heavy (non-hydrogen) atoms. The third-order valence-corrected chi connectivity index (χ3v) is 6.44. The van der Waals surface area contributed by atoms with E-state index in [1.807, 2.05) is 0 Å². The van der Waals surface area contributed by atoms with Crippen LogP contribution in [0.25, 0.3) is 11.7 Å². The zero-order valence-electron chi connectivity index (χ0n) is 16.8. The third-order valence-electron chi connectivity index (χ3n) is 4.81. The highest BCUT2D eigenvalue weighted by molar-refractivity contribution is 8.26. The number of ether oxygens (including phenoxy) is 1. The summed E-state index contributed by atoms with van der Waals surface area (Å²) in [5.41, 5.74) is 0.169. The summed E-state index contributed by atoms with van der Waals surface area (Å²) in [6, 6.07) is 15.4. The van der Waals surface area contributed by atoms with E-state index in [0.717, 1.165) is 11.8 Å². The molecule has 10 heteroatoms. The van der Waals surface area contributed by atoms with Gasteiger partial charge in [0.25, 0.3) is 11.5 Å². The van der Waals surface area contributed by atoms with Gasteiger partial charge in [-0.15, -0.1) is 0 Å². The summed E-state index contributed by atoms with van der Waals surface area (Å²) in [5.74, 6) is 0.805. The predicted octanol–water partition coefficient (Wildman–Crippen LogP) is 5.13. The fourth-order valence-corrected chi connectivity index (χ4v) is 4.59. The SMILES string of the molecule is O=C1/C(=C\c2c(Oc3ccc(Cl)cc3)nc3ccccn3c2=O)SC(=S)N1Cc1ccco1. The first-order chi connectivity index (χ1) is 16.0. The summed E-state index contributed by atoms with van der Waals surface area (Å²) < 4.78 is 13.0. The number of fused-ring (bicyclic) bond motifs is 1. The predicted molar refractivity (Wildman–Crippen MR) is 130 cm³/mol. The minimum absolute atomic E-state index is 0.0739. The molecule has 3 aromatic heterocycles. The molecular weight excluding hydrogens is 482 g/mol. The number of halogens is 1. The topological polar surface area (TPSA) is 77.0 Å². The number of furan rings is 1. The Morgan fingerprint density at radius 3 is 2.70 bits per heavy atom. The number of pyridine rings is 1. The molecule has 1 fully saturated rings. The molecule has 1 amide bonds. The number of hydrogen-bond acceptors (Lipinski definition) is 7. The average Bonchev–Trinajstić information content (AvgIpc) is 3.42. The van der Waals surface area contributed by atoms with Crippen LogP contribution in [0.1, 0.15) is 11.3 Å². The molecule has 0 bridgehead atoms. The molecule has 1 aromatic carbocycles. The number of aromatic nitrogens is 2. The zero-order valence-corrected chi connectivity index (χ0v) is 19.2. The van der Waals surface area contributed by atoms with Gasteiger partial charge in [0.1, 0.15) is 27.0 Å². The molecule has 0 radical (unpaired) electrons. The fourth-order valence-electron chi connectivity index (χ4n) is 3.22. The van der Waals surface area contributed by atoms with Crippen LogP contribution in [0.4, 0.5) is 0 Å². The van der Waals surface area contributed by atoms with E-state index >= 15 is 0 Å². The van der Waals surface area contributed by atoms with E-state index in [1.165, 1.54) is 21.6 Å². The Hall–Kier alpha value is -3.40. The van der Waals surface area contributed by atoms with Crippen LogP contribution in [0, 0.1) is 0 Å². The van der Waals surface area contributed by atoms with Crippen molar-refractivity contribution in [2.45, 2.75) is 6.54 Å². The van der Waals surface area contributed by atoms with Crippen LogP contribution in [0.5, 0.6) is 11.6 Å². The van der Waals surface area contributed by atoms with Crippen LogP contribution in [0.3, 0.4) is 0 Å². The van der Waals surface area contributed by atoms with Gasteiger partial charge >= 0.3 is 0 Å². The standard InChI is InChI=1S/C23H14ClN3O4S2/c24-14-6-8-15(9-7-14)31-20-17(21(28)26-10-2-1-5-19(26)25-20)12-18-22(29)27(23(32)33-18)13-16-4-3-11-30-16/h1-12H,13H2/b18-12+. The smallest absolute Gasteiger partial charge is 0.269 e. The Kier molecular flexibility index (Phi) is 5.76. The van der Waals surface area contributed by atoms with Gasteiger partial charge in [0.2, 0.25) is 5.88 Å². The van der Waals surface area contributed by atoms with Crippen molar-refractivity contribution in [1.29, 1.82) is 0 Å². The van der Waals surface area contributed by atoms with Crippen molar-refractivity contribution in [3.63, 3.8) is 0 Å². The van der Waals surface area contributed by atoms with E-state index in [0.29, 0.717) is 31.4 Å². The highest BCUT2D eigenvalue weighted by Crippen LogP contribution is 2.35. The lowest BCUT2D eigenvalue weighted by Crippen LogP contribution is -2.27. The number of rotatable bonds is 5. The molecule has 5 rings (SSSR count). The normalized spacial score (nSPS) is 15.1. The van der Waals surface area contributed by atoms with Crippen molar-refractivity contribution in [3.8, 4) is 11.6 Å². The van der Waals surface area contributed by atoms with Crippen molar-refractivity contribution in [3.05, 3.63) is 98.7 Å². The van der Waals surface area contributed by atoms with E-state index < -0.39 is 0 Å². The number of thioether (sulfide) groups is 1. The summed E-state index contributed by atoms with van der Waals surface area (Å²) in [6.07, 6.45) is 4.61. The van der Waals surface area contributed by atoms with Gasteiger partial charge in [-0.2, -0.15) is 4.98 Å². The van der Waals surface area contributed by atoms with E-state index in [9.17, 15) is 9.59 Å². The summed E-state index contributed by atoms with van der Waals surface area (Å²) in [6.45, 7) is 0.206.